The Balaban J connectivity index is 1.94. The fourth-order valence-electron chi connectivity index (χ4n) is 4.12. The minimum Gasteiger partial charge on any atom is -0.497 e. The third-order valence-corrected chi connectivity index (χ3v) is 6.35. The number of methoxy groups -OCH3 is 2. The second-order valence-corrected chi connectivity index (χ2v) is 9.83. The van der Waals surface area contributed by atoms with Crippen LogP contribution < -0.4 is 30.7 Å². The number of ether oxygens (including phenoxy) is 3. The zero-order valence-corrected chi connectivity index (χ0v) is 23.1. The highest BCUT2D eigenvalue weighted by Gasteiger charge is 2.29. The van der Waals surface area contributed by atoms with Gasteiger partial charge in [0.1, 0.15) is 17.5 Å². The van der Waals surface area contributed by atoms with Crippen LogP contribution in [0, 0.1) is 11.8 Å². The molecule has 1 aromatic rings. The van der Waals surface area contributed by atoms with E-state index in [4.69, 9.17) is 14.2 Å². The van der Waals surface area contributed by atoms with E-state index in [0.29, 0.717) is 49.2 Å². The molecular formula is C27H42N4O7. The van der Waals surface area contributed by atoms with E-state index in [1.54, 1.807) is 25.1 Å². The van der Waals surface area contributed by atoms with Crippen LogP contribution in [0.2, 0.25) is 0 Å². The molecule has 11 nitrogen and oxygen atoms in total. The molecular weight excluding hydrogens is 492 g/mol. The van der Waals surface area contributed by atoms with Crippen LogP contribution in [-0.2, 0) is 25.7 Å². The summed E-state index contributed by atoms with van der Waals surface area (Å²) in [5.41, 5.74) is 0.687. The molecule has 1 aliphatic rings. The molecule has 0 bridgehead atoms. The molecule has 1 aromatic carbocycles. The monoisotopic (exact) mass is 534 g/mol. The maximum atomic E-state index is 13.1. The number of urea groups is 1. The molecule has 0 aliphatic carbocycles. The number of benzene rings is 1. The summed E-state index contributed by atoms with van der Waals surface area (Å²) in [5.74, 6) is -0.529. The van der Waals surface area contributed by atoms with E-state index in [9.17, 15) is 19.2 Å². The predicted molar refractivity (Wildman–Crippen MR) is 142 cm³/mol. The van der Waals surface area contributed by atoms with Crippen molar-refractivity contribution in [1.29, 1.82) is 0 Å². The molecule has 1 heterocycles. The van der Waals surface area contributed by atoms with Crippen molar-refractivity contribution < 1.29 is 33.4 Å². The normalized spacial score (nSPS) is 15.2. The van der Waals surface area contributed by atoms with Gasteiger partial charge in [-0.3, -0.25) is 14.4 Å². The molecule has 4 amide bonds. The number of nitrogens with one attached hydrogen (secondary N) is 4. The maximum absolute atomic E-state index is 13.1. The minimum atomic E-state index is -1.02. The topological polar surface area (TPSA) is 144 Å². The van der Waals surface area contributed by atoms with Gasteiger partial charge in [0.25, 0.3) is 5.91 Å². The molecule has 212 valence electrons. The molecule has 1 aliphatic heterocycles. The zero-order chi connectivity index (χ0) is 28.1. The number of hydrogen-bond donors (Lipinski definition) is 4. The molecule has 2 atom stereocenters. The van der Waals surface area contributed by atoms with Crippen molar-refractivity contribution in [3.05, 3.63) is 23.8 Å². The van der Waals surface area contributed by atoms with Gasteiger partial charge in [-0.15, -0.1) is 0 Å². The first-order valence-corrected chi connectivity index (χ1v) is 13.1. The van der Waals surface area contributed by atoms with E-state index in [1.807, 2.05) is 13.8 Å². The average molecular weight is 535 g/mol. The van der Waals surface area contributed by atoms with Crippen LogP contribution in [0.5, 0.6) is 11.5 Å². The first-order chi connectivity index (χ1) is 18.2. The lowest BCUT2D eigenvalue weighted by Gasteiger charge is -2.25. The van der Waals surface area contributed by atoms with Crippen LogP contribution in [0.25, 0.3) is 0 Å². The summed E-state index contributed by atoms with van der Waals surface area (Å²) in [5, 5.41) is 10.8. The van der Waals surface area contributed by atoms with Crippen LogP contribution in [0.1, 0.15) is 52.0 Å². The molecule has 1 saturated heterocycles. The Kier molecular flexibility index (Phi) is 12.8. The van der Waals surface area contributed by atoms with Gasteiger partial charge in [-0.1, -0.05) is 20.8 Å². The number of carbonyl (C=O) groups excluding carboxylic acids is 4. The smallest absolute Gasteiger partial charge is 0.315 e. The second kappa shape index (κ2) is 15.8. The highest BCUT2D eigenvalue weighted by molar-refractivity contribution is 6.38. The SMILES string of the molecule is CCC(NC(=O)C(CC(C)C)NC(=O)NCC1CCOCC1)C(=O)C(=O)NCc1cc(OC)cc(OC)c1. The van der Waals surface area contributed by atoms with E-state index in [2.05, 4.69) is 21.3 Å². The van der Waals surface area contributed by atoms with Crippen molar-refractivity contribution in [3.8, 4) is 11.5 Å². The van der Waals surface area contributed by atoms with Crippen LogP contribution >= 0.6 is 0 Å². The second-order valence-electron chi connectivity index (χ2n) is 9.83. The van der Waals surface area contributed by atoms with Gasteiger partial charge in [-0.2, -0.15) is 0 Å². The summed E-state index contributed by atoms with van der Waals surface area (Å²) in [6, 6.07) is 2.83. The Morgan fingerprint density at radius 3 is 2.13 bits per heavy atom. The molecule has 38 heavy (non-hydrogen) atoms. The van der Waals surface area contributed by atoms with Crippen molar-refractivity contribution in [2.75, 3.05) is 34.0 Å². The lowest BCUT2D eigenvalue weighted by atomic mass is 10.0. The van der Waals surface area contributed by atoms with E-state index >= 15 is 0 Å². The van der Waals surface area contributed by atoms with E-state index in [1.165, 1.54) is 14.2 Å². The molecule has 4 N–H and O–H groups in total. The van der Waals surface area contributed by atoms with E-state index in [0.717, 1.165) is 12.8 Å². The fraction of sp³-hybridized carbons (Fsp3) is 0.630. The molecule has 2 unspecified atom stereocenters. The Morgan fingerprint density at radius 1 is 0.947 bits per heavy atom. The van der Waals surface area contributed by atoms with Crippen LogP contribution in [0.4, 0.5) is 4.79 Å². The third kappa shape index (κ3) is 10.2. The molecule has 0 aromatic heterocycles. The number of Topliss-reactive ketones (excluding diaryl/α,β-unsaturated/α-hetero) is 1. The number of carbonyl (C=O) groups is 4. The quantitative estimate of drug-likeness (QED) is 0.267. The Labute approximate surface area is 224 Å². The summed E-state index contributed by atoms with van der Waals surface area (Å²) in [6.07, 6.45) is 2.36. The van der Waals surface area contributed by atoms with Gasteiger partial charge in [0.2, 0.25) is 11.7 Å². The van der Waals surface area contributed by atoms with Gasteiger partial charge < -0.3 is 35.5 Å². The van der Waals surface area contributed by atoms with Gasteiger partial charge in [0, 0.05) is 32.4 Å². The lowest BCUT2D eigenvalue weighted by Crippen LogP contribution is -2.55. The Hall–Kier alpha value is -3.34. The Morgan fingerprint density at radius 2 is 1.58 bits per heavy atom. The summed E-state index contributed by atoms with van der Waals surface area (Å²) in [4.78, 5) is 51.0. The van der Waals surface area contributed by atoms with Crippen molar-refractivity contribution in [2.24, 2.45) is 11.8 Å². The van der Waals surface area contributed by atoms with Crippen LogP contribution in [0.15, 0.2) is 18.2 Å². The van der Waals surface area contributed by atoms with Crippen LogP contribution in [0.3, 0.4) is 0 Å². The largest absolute Gasteiger partial charge is 0.497 e. The van der Waals surface area contributed by atoms with Crippen molar-refractivity contribution in [1.82, 2.24) is 21.3 Å². The van der Waals surface area contributed by atoms with Crippen molar-refractivity contribution in [3.63, 3.8) is 0 Å². The first kappa shape index (κ1) is 30.9. The summed E-state index contributed by atoms with van der Waals surface area (Å²) < 4.78 is 15.8. The molecule has 0 saturated carbocycles. The van der Waals surface area contributed by atoms with Gasteiger partial charge in [0.05, 0.1) is 20.3 Å². The maximum Gasteiger partial charge on any atom is 0.315 e. The number of rotatable bonds is 14. The molecule has 2 rings (SSSR count). The average Bonchev–Trinajstić information content (AvgIpc) is 2.92. The fourth-order valence-corrected chi connectivity index (χ4v) is 4.12. The number of amides is 4. The molecule has 1 fully saturated rings. The van der Waals surface area contributed by atoms with Gasteiger partial charge >= 0.3 is 6.03 Å². The minimum absolute atomic E-state index is 0.0767. The van der Waals surface area contributed by atoms with Gasteiger partial charge in [-0.05, 0) is 55.2 Å². The standard InChI is InChI=1S/C27H42N4O7/c1-6-22(24(32)26(34)28-16-19-12-20(36-4)14-21(13-19)37-5)30-25(33)23(11-17(2)3)31-27(35)29-15-18-7-9-38-10-8-18/h12-14,17-18,22-23H,6-11,15-16H2,1-5H3,(H,28,34)(H,30,33)(H2,29,31,35). The third-order valence-electron chi connectivity index (χ3n) is 6.35. The molecule has 0 spiro atoms. The Bertz CT molecular complexity index is 925. The van der Waals surface area contributed by atoms with Gasteiger partial charge in [0.15, 0.2) is 0 Å². The zero-order valence-electron chi connectivity index (χ0n) is 23.1. The number of hydrogen-bond acceptors (Lipinski definition) is 7. The highest BCUT2D eigenvalue weighted by Crippen LogP contribution is 2.22. The molecule has 0 radical (unpaired) electrons. The highest BCUT2D eigenvalue weighted by atomic mass is 16.5. The van der Waals surface area contributed by atoms with Crippen LogP contribution in [-0.4, -0.2) is 69.7 Å². The van der Waals surface area contributed by atoms with Crippen molar-refractivity contribution in [2.45, 2.75) is 65.1 Å². The van der Waals surface area contributed by atoms with Crippen molar-refractivity contribution >= 4 is 23.6 Å². The predicted octanol–water partition coefficient (Wildman–Crippen LogP) is 1.92. The van der Waals surface area contributed by atoms with E-state index in [-0.39, 0.29) is 18.9 Å². The lowest BCUT2D eigenvalue weighted by molar-refractivity contribution is -0.140. The summed E-state index contributed by atoms with van der Waals surface area (Å²) in [7, 11) is 3.04. The number of ketones is 1. The molecule has 11 heteroatoms. The van der Waals surface area contributed by atoms with E-state index < -0.39 is 35.7 Å². The first-order valence-electron chi connectivity index (χ1n) is 13.1. The van der Waals surface area contributed by atoms with Gasteiger partial charge in [-0.25, -0.2) is 4.79 Å². The summed E-state index contributed by atoms with van der Waals surface area (Å²) in [6.45, 7) is 7.51. The summed E-state index contributed by atoms with van der Waals surface area (Å²) >= 11 is 0.